The lowest BCUT2D eigenvalue weighted by Gasteiger charge is -2.10. The lowest BCUT2D eigenvalue weighted by Crippen LogP contribution is -1.94. The van der Waals surface area contributed by atoms with Crippen molar-refractivity contribution in [3.05, 3.63) is 23.8 Å². The Balaban J connectivity index is 3.07. The molecule has 0 bridgehead atoms. The van der Waals surface area contributed by atoms with Crippen LogP contribution in [0.1, 0.15) is 25.3 Å². The van der Waals surface area contributed by atoms with Gasteiger partial charge in [-0.25, -0.2) is 0 Å². The zero-order chi connectivity index (χ0) is 9.84. The zero-order valence-electron chi connectivity index (χ0n) is 8.72. The van der Waals surface area contributed by atoms with E-state index in [1.165, 1.54) is 5.56 Å². The standard InChI is InChI=1S/C11H17NO/c1-8(2)9-5-10(12-3)7-11(6-9)13-4/h5-8,12H,1-4H3. The van der Waals surface area contributed by atoms with E-state index in [1.807, 2.05) is 13.1 Å². The maximum absolute atomic E-state index is 5.21. The minimum Gasteiger partial charge on any atom is -0.497 e. The third-order valence-corrected chi connectivity index (χ3v) is 2.12. The first kappa shape index (κ1) is 9.90. The van der Waals surface area contributed by atoms with Crippen LogP contribution in [-0.2, 0) is 0 Å². The average Bonchev–Trinajstić information content (AvgIpc) is 2.16. The molecular formula is C11H17NO. The van der Waals surface area contributed by atoms with Crippen LogP contribution in [-0.4, -0.2) is 14.2 Å². The maximum Gasteiger partial charge on any atom is 0.121 e. The molecule has 1 rings (SSSR count). The smallest absolute Gasteiger partial charge is 0.121 e. The highest BCUT2D eigenvalue weighted by atomic mass is 16.5. The first-order valence-electron chi connectivity index (χ1n) is 4.54. The SMILES string of the molecule is CNc1cc(OC)cc(C(C)C)c1. The molecule has 2 heteroatoms. The van der Waals surface area contributed by atoms with Gasteiger partial charge in [0.15, 0.2) is 0 Å². The van der Waals surface area contributed by atoms with Gasteiger partial charge in [0.1, 0.15) is 5.75 Å². The Labute approximate surface area is 79.9 Å². The van der Waals surface area contributed by atoms with E-state index in [-0.39, 0.29) is 0 Å². The molecule has 72 valence electrons. The maximum atomic E-state index is 5.21. The van der Waals surface area contributed by atoms with E-state index >= 15 is 0 Å². The first-order valence-corrected chi connectivity index (χ1v) is 4.54. The number of anilines is 1. The molecule has 0 spiro atoms. The van der Waals surface area contributed by atoms with Crippen molar-refractivity contribution in [1.29, 1.82) is 0 Å². The highest BCUT2D eigenvalue weighted by Crippen LogP contribution is 2.25. The molecule has 0 aromatic heterocycles. The lowest BCUT2D eigenvalue weighted by molar-refractivity contribution is 0.414. The molecule has 0 saturated carbocycles. The Bertz CT molecular complexity index is 259. The van der Waals surface area contributed by atoms with Crippen molar-refractivity contribution in [1.82, 2.24) is 0 Å². The van der Waals surface area contributed by atoms with Gasteiger partial charge in [0.25, 0.3) is 0 Å². The topological polar surface area (TPSA) is 21.3 Å². The molecular weight excluding hydrogens is 162 g/mol. The van der Waals surface area contributed by atoms with E-state index in [0.29, 0.717) is 5.92 Å². The van der Waals surface area contributed by atoms with Crippen molar-refractivity contribution >= 4 is 5.69 Å². The second kappa shape index (κ2) is 4.17. The molecule has 0 saturated heterocycles. The number of hydrogen-bond acceptors (Lipinski definition) is 2. The molecule has 0 unspecified atom stereocenters. The van der Waals surface area contributed by atoms with Crippen LogP contribution >= 0.6 is 0 Å². The van der Waals surface area contributed by atoms with Gasteiger partial charge in [-0.2, -0.15) is 0 Å². The Kier molecular flexibility index (Phi) is 3.18. The molecule has 0 aliphatic rings. The molecule has 1 aromatic rings. The van der Waals surface area contributed by atoms with Gasteiger partial charge in [-0.3, -0.25) is 0 Å². The van der Waals surface area contributed by atoms with Crippen LogP contribution in [0.3, 0.4) is 0 Å². The number of benzene rings is 1. The number of hydrogen-bond donors (Lipinski definition) is 1. The average molecular weight is 179 g/mol. The minimum atomic E-state index is 0.530. The van der Waals surface area contributed by atoms with Gasteiger partial charge in [0.2, 0.25) is 0 Å². The van der Waals surface area contributed by atoms with Crippen molar-refractivity contribution < 1.29 is 4.74 Å². The number of nitrogens with one attached hydrogen (secondary N) is 1. The molecule has 2 nitrogen and oxygen atoms in total. The van der Waals surface area contributed by atoms with Crippen LogP contribution in [0.4, 0.5) is 5.69 Å². The van der Waals surface area contributed by atoms with Crippen molar-refractivity contribution in [2.75, 3.05) is 19.5 Å². The summed E-state index contributed by atoms with van der Waals surface area (Å²) in [5, 5.41) is 3.12. The monoisotopic (exact) mass is 179 g/mol. The summed E-state index contributed by atoms with van der Waals surface area (Å²) >= 11 is 0. The van der Waals surface area contributed by atoms with Crippen LogP contribution < -0.4 is 10.1 Å². The van der Waals surface area contributed by atoms with Gasteiger partial charge < -0.3 is 10.1 Å². The normalized spacial score (nSPS) is 10.2. The van der Waals surface area contributed by atoms with E-state index in [2.05, 4.69) is 31.3 Å². The summed E-state index contributed by atoms with van der Waals surface area (Å²) in [6, 6.07) is 6.21. The van der Waals surface area contributed by atoms with Crippen LogP contribution in [0.15, 0.2) is 18.2 Å². The summed E-state index contributed by atoms with van der Waals surface area (Å²) in [4.78, 5) is 0. The van der Waals surface area contributed by atoms with Gasteiger partial charge in [-0.1, -0.05) is 13.8 Å². The Morgan fingerprint density at radius 2 is 1.92 bits per heavy atom. The number of rotatable bonds is 3. The summed E-state index contributed by atoms with van der Waals surface area (Å²) in [5.41, 5.74) is 2.40. The Morgan fingerprint density at radius 1 is 1.23 bits per heavy atom. The van der Waals surface area contributed by atoms with E-state index < -0.39 is 0 Å². The zero-order valence-corrected chi connectivity index (χ0v) is 8.72. The van der Waals surface area contributed by atoms with Crippen molar-refractivity contribution in [2.24, 2.45) is 0 Å². The van der Waals surface area contributed by atoms with Crippen molar-refractivity contribution in [3.8, 4) is 5.75 Å². The second-order valence-electron chi connectivity index (χ2n) is 3.40. The summed E-state index contributed by atoms with van der Waals surface area (Å²) in [6.45, 7) is 4.35. The van der Waals surface area contributed by atoms with Gasteiger partial charge >= 0.3 is 0 Å². The fourth-order valence-electron chi connectivity index (χ4n) is 1.22. The van der Waals surface area contributed by atoms with Gasteiger partial charge in [0.05, 0.1) is 7.11 Å². The Hall–Kier alpha value is -1.18. The molecule has 0 heterocycles. The molecule has 0 radical (unpaired) electrons. The Morgan fingerprint density at radius 3 is 2.38 bits per heavy atom. The second-order valence-corrected chi connectivity index (χ2v) is 3.40. The highest BCUT2D eigenvalue weighted by molar-refractivity contribution is 5.51. The summed E-state index contributed by atoms with van der Waals surface area (Å²) in [6.07, 6.45) is 0. The van der Waals surface area contributed by atoms with E-state index in [9.17, 15) is 0 Å². The summed E-state index contributed by atoms with van der Waals surface area (Å²) < 4.78 is 5.21. The fourth-order valence-corrected chi connectivity index (χ4v) is 1.22. The number of methoxy groups -OCH3 is 1. The van der Waals surface area contributed by atoms with Gasteiger partial charge in [-0.15, -0.1) is 0 Å². The largest absolute Gasteiger partial charge is 0.497 e. The predicted octanol–water partition coefficient (Wildman–Crippen LogP) is 2.86. The van der Waals surface area contributed by atoms with Crippen LogP contribution in [0.5, 0.6) is 5.75 Å². The van der Waals surface area contributed by atoms with Crippen LogP contribution in [0, 0.1) is 0 Å². The van der Waals surface area contributed by atoms with Crippen LogP contribution in [0.2, 0.25) is 0 Å². The summed E-state index contributed by atoms with van der Waals surface area (Å²) in [5.74, 6) is 1.44. The molecule has 0 fully saturated rings. The quantitative estimate of drug-likeness (QED) is 0.770. The van der Waals surface area contributed by atoms with E-state index in [1.54, 1.807) is 7.11 Å². The predicted molar refractivity (Wildman–Crippen MR) is 56.6 cm³/mol. The molecule has 13 heavy (non-hydrogen) atoms. The van der Waals surface area contributed by atoms with Gasteiger partial charge in [0, 0.05) is 18.8 Å². The minimum absolute atomic E-state index is 0.530. The lowest BCUT2D eigenvalue weighted by atomic mass is 10.0. The first-order chi connectivity index (χ1) is 6.17. The van der Waals surface area contributed by atoms with Crippen molar-refractivity contribution in [2.45, 2.75) is 19.8 Å². The van der Waals surface area contributed by atoms with Crippen molar-refractivity contribution in [3.63, 3.8) is 0 Å². The molecule has 0 aliphatic heterocycles. The number of ether oxygens (including phenoxy) is 1. The third-order valence-electron chi connectivity index (χ3n) is 2.12. The molecule has 0 atom stereocenters. The molecule has 0 amide bonds. The molecule has 1 aromatic carbocycles. The van der Waals surface area contributed by atoms with Gasteiger partial charge in [-0.05, 0) is 23.6 Å². The molecule has 1 N–H and O–H groups in total. The molecule has 0 aliphatic carbocycles. The fraction of sp³-hybridized carbons (Fsp3) is 0.455. The van der Waals surface area contributed by atoms with E-state index in [4.69, 9.17) is 4.74 Å². The summed E-state index contributed by atoms with van der Waals surface area (Å²) in [7, 11) is 3.61. The third kappa shape index (κ3) is 2.38. The van der Waals surface area contributed by atoms with E-state index in [0.717, 1.165) is 11.4 Å². The highest BCUT2D eigenvalue weighted by Gasteiger charge is 2.03. The van der Waals surface area contributed by atoms with Crippen LogP contribution in [0.25, 0.3) is 0 Å².